The maximum absolute atomic E-state index is 6.33. The van der Waals surface area contributed by atoms with Crippen LogP contribution in [0, 0.1) is 5.92 Å². The number of ether oxygens (including phenoxy) is 2. The molecule has 0 bridgehead atoms. The lowest BCUT2D eigenvalue weighted by atomic mass is 10.1. The predicted molar refractivity (Wildman–Crippen MR) is 85.6 cm³/mol. The Bertz CT molecular complexity index is 419. The van der Waals surface area contributed by atoms with E-state index in [4.69, 9.17) is 15.2 Å². The van der Waals surface area contributed by atoms with Crippen LogP contribution < -0.4 is 10.5 Å². The minimum Gasteiger partial charge on any atom is -0.491 e. The van der Waals surface area contributed by atoms with Crippen LogP contribution in [0.2, 0.25) is 0 Å². The van der Waals surface area contributed by atoms with Crippen LogP contribution in [-0.4, -0.2) is 44.4 Å². The number of hydrogen-bond acceptors (Lipinski definition) is 4. The van der Waals surface area contributed by atoms with Crippen molar-refractivity contribution in [2.75, 3.05) is 33.4 Å². The molecule has 1 fully saturated rings. The summed E-state index contributed by atoms with van der Waals surface area (Å²) in [5, 5.41) is 0. The Hall–Kier alpha value is -1.10. The minimum absolute atomic E-state index is 0.0550. The summed E-state index contributed by atoms with van der Waals surface area (Å²) in [4.78, 5) is 2.44. The van der Waals surface area contributed by atoms with Gasteiger partial charge >= 0.3 is 0 Å². The summed E-state index contributed by atoms with van der Waals surface area (Å²) in [6.07, 6.45) is 1.41. The molecule has 0 amide bonds. The standard InChI is InChI=1S/C17H28N2O2/c1-13(2)21-16-6-4-15(5-7-16)17(18)11-19-9-8-14(10-19)12-20-3/h4-7,13-14,17H,8-12,18H2,1-3H3. The van der Waals surface area contributed by atoms with Gasteiger partial charge in [-0.2, -0.15) is 0 Å². The predicted octanol–water partition coefficient (Wildman–Crippen LogP) is 2.44. The quantitative estimate of drug-likeness (QED) is 0.838. The second-order valence-corrected chi connectivity index (χ2v) is 6.21. The summed E-state index contributed by atoms with van der Waals surface area (Å²) in [5.74, 6) is 1.56. The SMILES string of the molecule is COCC1CCN(CC(N)c2ccc(OC(C)C)cc2)C1. The van der Waals surface area contributed by atoms with Gasteiger partial charge in [0.15, 0.2) is 0 Å². The average molecular weight is 292 g/mol. The summed E-state index contributed by atoms with van der Waals surface area (Å²) in [7, 11) is 1.77. The normalized spacial score (nSPS) is 20.9. The fourth-order valence-corrected chi connectivity index (χ4v) is 2.90. The van der Waals surface area contributed by atoms with Crippen molar-refractivity contribution in [1.29, 1.82) is 0 Å². The summed E-state index contributed by atoms with van der Waals surface area (Å²) in [6, 6.07) is 8.22. The van der Waals surface area contributed by atoms with E-state index in [-0.39, 0.29) is 12.1 Å². The highest BCUT2D eigenvalue weighted by Gasteiger charge is 2.23. The van der Waals surface area contributed by atoms with E-state index in [1.807, 2.05) is 26.0 Å². The van der Waals surface area contributed by atoms with Crippen LogP contribution >= 0.6 is 0 Å². The molecule has 21 heavy (non-hydrogen) atoms. The van der Waals surface area contributed by atoms with Gasteiger partial charge < -0.3 is 20.1 Å². The molecule has 118 valence electrons. The highest BCUT2D eigenvalue weighted by molar-refractivity contribution is 5.29. The van der Waals surface area contributed by atoms with Gasteiger partial charge in [-0.05, 0) is 50.4 Å². The van der Waals surface area contributed by atoms with Gasteiger partial charge in [-0.3, -0.25) is 0 Å². The number of rotatable bonds is 7. The van der Waals surface area contributed by atoms with Gasteiger partial charge in [-0.15, -0.1) is 0 Å². The lowest BCUT2D eigenvalue weighted by Crippen LogP contribution is -2.31. The average Bonchev–Trinajstić information content (AvgIpc) is 2.86. The third kappa shape index (κ3) is 4.99. The zero-order chi connectivity index (χ0) is 15.2. The van der Waals surface area contributed by atoms with Crippen molar-refractivity contribution in [3.8, 4) is 5.75 Å². The first-order chi connectivity index (χ1) is 10.1. The first kappa shape index (κ1) is 16.3. The zero-order valence-electron chi connectivity index (χ0n) is 13.4. The molecule has 1 saturated heterocycles. The Balaban J connectivity index is 1.84. The van der Waals surface area contributed by atoms with Crippen molar-refractivity contribution < 1.29 is 9.47 Å². The van der Waals surface area contributed by atoms with Gasteiger partial charge in [0.05, 0.1) is 12.7 Å². The molecule has 1 aromatic rings. The van der Waals surface area contributed by atoms with E-state index in [1.54, 1.807) is 7.11 Å². The highest BCUT2D eigenvalue weighted by Crippen LogP contribution is 2.21. The fraction of sp³-hybridized carbons (Fsp3) is 0.647. The van der Waals surface area contributed by atoms with Crippen LogP contribution in [0.1, 0.15) is 31.9 Å². The van der Waals surface area contributed by atoms with Crippen molar-refractivity contribution in [3.05, 3.63) is 29.8 Å². The van der Waals surface area contributed by atoms with E-state index >= 15 is 0 Å². The maximum Gasteiger partial charge on any atom is 0.119 e. The molecular formula is C17H28N2O2. The Labute approximate surface area is 128 Å². The van der Waals surface area contributed by atoms with Crippen molar-refractivity contribution in [1.82, 2.24) is 4.90 Å². The smallest absolute Gasteiger partial charge is 0.119 e. The molecule has 2 N–H and O–H groups in total. The van der Waals surface area contributed by atoms with Gasteiger partial charge in [-0.25, -0.2) is 0 Å². The number of hydrogen-bond donors (Lipinski definition) is 1. The summed E-state index contributed by atoms with van der Waals surface area (Å²) < 4.78 is 10.9. The van der Waals surface area contributed by atoms with Crippen LogP contribution in [-0.2, 0) is 4.74 Å². The van der Waals surface area contributed by atoms with Crippen LogP contribution in [0.3, 0.4) is 0 Å². The second-order valence-electron chi connectivity index (χ2n) is 6.21. The molecule has 0 saturated carbocycles. The van der Waals surface area contributed by atoms with E-state index in [9.17, 15) is 0 Å². The van der Waals surface area contributed by atoms with Gasteiger partial charge in [0.1, 0.15) is 5.75 Å². The molecule has 4 nitrogen and oxygen atoms in total. The van der Waals surface area contributed by atoms with E-state index in [2.05, 4.69) is 17.0 Å². The molecule has 2 unspecified atom stereocenters. The Morgan fingerprint density at radius 2 is 2.00 bits per heavy atom. The summed E-state index contributed by atoms with van der Waals surface area (Å²) in [6.45, 7) is 8.04. The van der Waals surface area contributed by atoms with Crippen LogP contribution in [0.25, 0.3) is 0 Å². The molecule has 0 radical (unpaired) electrons. The number of likely N-dealkylation sites (tertiary alicyclic amines) is 1. The molecule has 2 atom stereocenters. The Morgan fingerprint density at radius 3 is 2.62 bits per heavy atom. The summed E-state index contributed by atoms with van der Waals surface area (Å²) >= 11 is 0. The Morgan fingerprint density at radius 1 is 1.29 bits per heavy atom. The topological polar surface area (TPSA) is 47.7 Å². The number of nitrogens with zero attached hydrogens (tertiary/aromatic N) is 1. The Kier molecular flexibility index (Phi) is 6.03. The molecule has 1 aromatic carbocycles. The minimum atomic E-state index is 0.0550. The van der Waals surface area contributed by atoms with Gasteiger partial charge in [0.2, 0.25) is 0 Å². The molecule has 1 aliphatic heterocycles. The maximum atomic E-state index is 6.33. The third-order valence-electron chi connectivity index (χ3n) is 3.91. The fourth-order valence-electron chi connectivity index (χ4n) is 2.90. The summed E-state index contributed by atoms with van der Waals surface area (Å²) in [5.41, 5.74) is 7.50. The van der Waals surface area contributed by atoms with Crippen molar-refractivity contribution in [2.24, 2.45) is 11.7 Å². The molecule has 4 heteroatoms. The third-order valence-corrected chi connectivity index (χ3v) is 3.91. The molecule has 0 aliphatic carbocycles. The first-order valence-corrected chi connectivity index (χ1v) is 7.82. The van der Waals surface area contributed by atoms with Crippen molar-refractivity contribution in [2.45, 2.75) is 32.4 Å². The van der Waals surface area contributed by atoms with Crippen molar-refractivity contribution >= 4 is 0 Å². The molecule has 0 aromatic heterocycles. The van der Waals surface area contributed by atoms with Crippen LogP contribution in [0.5, 0.6) is 5.75 Å². The molecule has 2 rings (SSSR count). The second kappa shape index (κ2) is 7.78. The van der Waals surface area contributed by atoms with E-state index in [0.29, 0.717) is 5.92 Å². The highest BCUT2D eigenvalue weighted by atomic mass is 16.5. The number of methoxy groups -OCH3 is 1. The van der Waals surface area contributed by atoms with Crippen LogP contribution in [0.15, 0.2) is 24.3 Å². The zero-order valence-corrected chi connectivity index (χ0v) is 13.4. The van der Waals surface area contributed by atoms with Gasteiger partial charge in [0, 0.05) is 26.2 Å². The number of nitrogens with two attached hydrogens (primary N) is 1. The monoisotopic (exact) mass is 292 g/mol. The van der Waals surface area contributed by atoms with E-state index in [1.165, 1.54) is 12.0 Å². The lowest BCUT2D eigenvalue weighted by molar-refractivity contribution is 0.152. The van der Waals surface area contributed by atoms with Gasteiger partial charge in [0.25, 0.3) is 0 Å². The first-order valence-electron chi connectivity index (χ1n) is 7.82. The number of benzene rings is 1. The van der Waals surface area contributed by atoms with E-state index in [0.717, 1.165) is 32.0 Å². The molecule has 0 spiro atoms. The van der Waals surface area contributed by atoms with E-state index < -0.39 is 0 Å². The van der Waals surface area contributed by atoms with Gasteiger partial charge in [-0.1, -0.05) is 12.1 Å². The lowest BCUT2D eigenvalue weighted by Gasteiger charge is -2.21. The molecule has 1 aliphatic rings. The molecular weight excluding hydrogens is 264 g/mol. The largest absolute Gasteiger partial charge is 0.491 e. The van der Waals surface area contributed by atoms with Crippen LogP contribution in [0.4, 0.5) is 0 Å². The molecule has 1 heterocycles. The van der Waals surface area contributed by atoms with Crippen molar-refractivity contribution in [3.63, 3.8) is 0 Å².